The van der Waals surface area contributed by atoms with Gasteiger partial charge in [-0.3, -0.25) is 0 Å². The molecule has 0 saturated heterocycles. The average Bonchev–Trinajstić information content (AvgIpc) is 3.54. The molecule has 0 aliphatic heterocycles. The van der Waals surface area contributed by atoms with Crippen molar-refractivity contribution in [3.8, 4) is 55.6 Å². The molecule has 0 heteroatoms. The lowest BCUT2D eigenvalue weighted by molar-refractivity contribution is 1.58. The number of hydrogen-bond donors (Lipinski definition) is 0. The lowest BCUT2D eigenvalue weighted by Crippen LogP contribution is -1.93. The van der Waals surface area contributed by atoms with Crippen LogP contribution in [-0.2, 0) is 0 Å². The second-order valence-corrected chi connectivity index (χ2v) is 10.0. The molecule has 0 radical (unpaired) electrons. The van der Waals surface area contributed by atoms with Crippen molar-refractivity contribution >= 4 is 32.3 Å². The van der Waals surface area contributed by atoms with E-state index < -0.39 is 281 Å². The Morgan fingerprint density at radius 3 is 1.27 bits per heavy atom. The Hall–Kier alpha value is -6.24. The summed E-state index contributed by atoms with van der Waals surface area (Å²) in [7, 11) is 0. The van der Waals surface area contributed by atoms with Crippen LogP contribution in [0.4, 0.5) is 0 Å². The molecule has 0 atom stereocenters. The Labute approximate surface area is 326 Å². The maximum absolute atomic E-state index is 10.1. The highest BCUT2D eigenvalue weighted by Crippen LogP contribution is 2.46. The molecule has 0 bridgehead atoms. The summed E-state index contributed by atoms with van der Waals surface area (Å²) in [6.07, 6.45) is 0. The number of rotatable bonds is 5. The second-order valence-electron chi connectivity index (χ2n) is 10.0. The van der Waals surface area contributed by atoms with Gasteiger partial charge in [0, 0.05) is 0 Å². The Kier molecular flexibility index (Phi) is 2.56. The Morgan fingerprint density at radius 1 is 0.229 bits per heavy atom. The first-order chi connectivity index (χ1) is 37.1. The molecule has 0 N–H and O–H groups in total. The predicted molar refractivity (Wildman–Crippen MR) is 206 cm³/mol. The van der Waals surface area contributed by atoms with Crippen molar-refractivity contribution in [1.82, 2.24) is 0 Å². The molecule has 0 aliphatic carbocycles. The van der Waals surface area contributed by atoms with E-state index in [9.17, 15) is 15.1 Å². The van der Waals surface area contributed by atoms with Gasteiger partial charge in [-0.2, -0.15) is 0 Å². The van der Waals surface area contributed by atoms with Gasteiger partial charge in [-0.25, -0.2) is 0 Å². The minimum absolute atomic E-state index is 0.684. The van der Waals surface area contributed by atoms with E-state index in [4.69, 9.17) is 28.8 Å². The predicted octanol–water partition coefficient (Wildman–Crippen LogP) is 13.5. The third-order valence-electron chi connectivity index (χ3n) is 7.25. The lowest BCUT2D eigenvalue weighted by atomic mass is 9.83. The molecule has 9 aromatic rings. The van der Waals surface area contributed by atoms with Gasteiger partial charge in [0.05, 0.1) is 43.9 Å². The molecule has 0 fully saturated rings. The van der Waals surface area contributed by atoms with Crippen molar-refractivity contribution in [2.45, 2.75) is 0 Å². The van der Waals surface area contributed by atoms with E-state index in [1.807, 2.05) is 0 Å². The third-order valence-corrected chi connectivity index (χ3v) is 7.25. The van der Waals surface area contributed by atoms with Gasteiger partial charge >= 0.3 is 0 Å². The molecule has 0 nitrogen and oxygen atoms in total. The van der Waals surface area contributed by atoms with Crippen LogP contribution in [0.25, 0.3) is 88.0 Å². The fourth-order valence-corrected chi connectivity index (χ4v) is 5.22. The Morgan fingerprint density at radius 2 is 0.667 bits per heavy atom. The fraction of sp³-hybridized carbons (Fsp3) is 0. The van der Waals surface area contributed by atoms with Crippen molar-refractivity contribution in [2.75, 3.05) is 0 Å². The van der Waals surface area contributed by atoms with Crippen LogP contribution >= 0.6 is 0 Å². The summed E-state index contributed by atoms with van der Waals surface area (Å²) in [5, 5.41) is -5.26. The summed E-state index contributed by atoms with van der Waals surface area (Å²) in [5.41, 5.74) is -9.84. The first-order valence-corrected chi connectivity index (χ1v) is 14.0. The quantitative estimate of drug-likeness (QED) is 0.164. The number of hydrogen-bond acceptors (Lipinski definition) is 0. The van der Waals surface area contributed by atoms with E-state index in [0.717, 1.165) is 0 Å². The van der Waals surface area contributed by atoms with Gasteiger partial charge in [-0.1, -0.05) is 163 Å². The zero-order valence-corrected chi connectivity index (χ0v) is 24.0. The van der Waals surface area contributed by atoms with Crippen LogP contribution in [0.3, 0.4) is 0 Å². The molecule has 0 amide bonds. The van der Waals surface area contributed by atoms with E-state index in [-0.39, 0.29) is 0 Å². The van der Waals surface area contributed by atoms with Gasteiger partial charge in [0.2, 0.25) is 0 Å². The summed E-state index contributed by atoms with van der Waals surface area (Å²) < 4.78 is 290. The zero-order valence-electron chi connectivity index (χ0n) is 56.0. The highest BCUT2D eigenvalue weighted by molar-refractivity contribution is 6.22. The summed E-state index contributed by atoms with van der Waals surface area (Å²) in [4.78, 5) is 0. The third kappa shape index (κ3) is 4.96. The van der Waals surface area contributed by atoms with Crippen molar-refractivity contribution in [3.63, 3.8) is 0 Å². The Balaban J connectivity index is 1.73. The smallest absolute Gasteiger partial charge is 0.0622 e. The fourth-order valence-electron chi connectivity index (χ4n) is 5.22. The van der Waals surface area contributed by atoms with Crippen molar-refractivity contribution in [2.24, 2.45) is 0 Å². The summed E-state index contributed by atoms with van der Waals surface area (Å²) in [5.74, 6) is 0. The van der Waals surface area contributed by atoms with Gasteiger partial charge in [-0.05, 0) is 118 Å². The van der Waals surface area contributed by atoms with Crippen molar-refractivity contribution < 1.29 is 43.9 Å². The van der Waals surface area contributed by atoms with Gasteiger partial charge in [0.15, 0.2) is 0 Å². The van der Waals surface area contributed by atoms with Crippen LogP contribution in [0.2, 0.25) is 0 Å². The normalized spacial score (nSPS) is 20.7. The monoisotopic (exact) mass is 640 g/mol. The summed E-state index contributed by atoms with van der Waals surface area (Å²) >= 11 is 0. The molecule has 0 unspecified atom stereocenters. The molecule has 0 heterocycles. The molecule has 0 aliphatic rings. The van der Waals surface area contributed by atoms with Gasteiger partial charge in [0.1, 0.15) is 0 Å². The average molecular weight is 641 g/mol. The molecular formula is C48H32. The SMILES string of the molecule is [2H]c1c([2H])c([2H])c(-c2c([2H])c(-c3c([2H])c([2H])c([2H])c([2H])c3[2H])c([2H])c(-c3c4c([2H])c([2H])c([2H])c([2H])c4c(-c4c([2H])c([2H])c5c([2H])c([2H])c([2H])c([2H])c5c4[2H])c4c([2H])c(-c5c([2H])c([2H])c([2H])c([2H])c5[2H])c([2H])c([2H])c34)c2[2H])c([2H])c1[2H]. The number of fused-ring (bicyclic) bond motifs is 3. The molecule has 9 aromatic carbocycles. The van der Waals surface area contributed by atoms with Crippen molar-refractivity contribution in [1.29, 1.82) is 0 Å². The minimum Gasteiger partial charge on any atom is -0.0622 e. The van der Waals surface area contributed by atoms with Gasteiger partial charge in [0.25, 0.3) is 0 Å². The van der Waals surface area contributed by atoms with Crippen LogP contribution in [0.1, 0.15) is 43.9 Å². The standard InChI is InChI=1S/C48H32/c1-4-14-33(15-5-1)38-26-27-45-46(32-38)47(39-25-24-36-20-10-11-21-37(36)28-39)43-22-12-13-23-44(43)48(45)42-30-40(34-16-6-2-7-17-34)29-41(31-42)35-18-8-3-9-19-35/h1-32H/i1D,2D,3D,4D,5D,6D,7D,8D,9D,10D,11D,12D,13D,14D,15D,16D,17D,18D,19D,20D,21D,22D,23D,24D,25D,26D,27D,28D,29D,30D,31D,32D. The van der Waals surface area contributed by atoms with E-state index in [2.05, 4.69) is 0 Å². The van der Waals surface area contributed by atoms with E-state index in [0.29, 0.717) is 0 Å². The van der Waals surface area contributed by atoms with Crippen LogP contribution in [0.5, 0.6) is 0 Å². The maximum Gasteiger partial charge on any atom is 0.0636 e. The summed E-state index contributed by atoms with van der Waals surface area (Å²) in [6, 6.07) is -34.4. The minimum atomic E-state index is -1.25. The molecule has 0 aromatic heterocycles. The van der Waals surface area contributed by atoms with Crippen molar-refractivity contribution in [3.05, 3.63) is 193 Å². The molecule has 48 heavy (non-hydrogen) atoms. The lowest BCUT2D eigenvalue weighted by Gasteiger charge is -2.20. The zero-order chi connectivity index (χ0) is 59.7. The van der Waals surface area contributed by atoms with E-state index >= 15 is 0 Å². The van der Waals surface area contributed by atoms with E-state index in [1.54, 1.807) is 0 Å². The van der Waals surface area contributed by atoms with Crippen LogP contribution < -0.4 is 0 Å². The molecule has 0 saturated carbocycles. The first-order valence-electron chi connectivity index (χ1n) is 30.0. The van der Waals surface area contributed by atoms with Crippen LogP contribution in [-0.4, -0.2) is 0 Å². The Bertz CT molecular complexity index is 4240. The highest BCUT2D eigenvalue weighted by atomic mass is 14.2. The first kappa shape index (κ1) is 10.4. The largest absolute Gasteiger partial charge is 0.0636 e. The molecule has 224 valence electrons. The molecule has 0 spiro atoms. The van der Waals surface area contributed by atoms with Crippen LogP contribution in [0.15, 0.2) is 193 Å². The van der Waals surface area contributed by atoms with Gasteiger partial charge in [-0.15, -0.1) is 0 Å². The van der Waals surface area contributed by atoms with Gasteiger partial charge < -0.3 is 0 Å². The highest BCUT2D eigenvalue weighted by Gasteiger charge is 2.19. The van der Waals surface area contributed by atoms with E-state index in [1.165, 1.54) is 0 Å². The summed E-state index contributed by atoms with van der Waals surface area (Å²) in [6.45, 7) is 0. The molecular weight excluding hydrogens is 577 g/mol. The topological polar surface area (TPSA) is 0 Å². The molecule has 9 rings (SSSR count). The second kappa shape index (κ2) is 11.8. The maximum atomic E-state index is 10.1. The number of benzene rings is 9. The van der Waals surface area contributed by atoms with Crippen LogP contribution in [0, 0.1) is 0 Å².